The molecule has 0 radical (unpaired) electrons. The van der Waals surface area contributed by atoms with Gasteiger partial charge in [0.15, 0.2) is 0 Å². The summed E-state index contributed by atoms with van der Waals surface area (Å²) in [5.41, 5.74) is -0.0610. The van der Waals surface area contributed by atoms with Crippen LogP contribution < -0.4 is 0 Å². The molecule has 0 fully saturated rings. The van der Waals surface area contributed by atoms with E-state index >= 15 is 0 Å². The van der Waals surface area contributed by atoms with Crippen LogP contribution in [0.3, 0.4) is 0 Å². The van der Waals surface area contributed by atoms with Crippen LogP contribution in [0.1, 0.15) is 11.5 Å². The van der Waals surface area contributed by atoms with Crippen molar-refractivity contribution in [2.75, 3.05) is 0 Å². The third kappa shape index (κ3) is 1.92. The minimum Gasteiger partial charge on any atom is -0.302 e. The number of hydrogen-bond donors (Lipinski definition) is 0. The Morgan fingerprint density at radius 2 is 1.92 bits per heavy atom. The lowest BCUT2D eigenvalue weighted by molar-refractivity contribution is -0.116. The van der Waals surface area contributed by atoms with Gasteiger partial charge in [0, 0.05) is 10.6 Å². The molecule has 0 aromatic heterocycles. The molecule has 0 aliphatic carbocycles. The number of carbonyl (C=O) groups excluding carboxylic acids is 2. The van der Waals surface area contributed by atoms with Gasteiger partial charge in [-0.25, -0.2) is 4.39 Å². The summed E-state index contributed by atoms with van der Waals surface area (Å²) in [6.07, 6.45) is 0.717. The molecule has 2 nitrogen and oxygen atoms in total. The zero-order chi connectivity index (χ0) is 9.84. The summed E-state index contributed by atoms with van der Waals surface area (Å²) in [7, 11) is 0. The Balaban J connectivity index is 3.25. The SMILES string of the molecule is O=CC(C=O)c1c(F)cccc1Cl. The molecule has 0 saturated heterocycles. The van der Waals surface area contributed by atoms with Crippen molar-refractivity contribution in [3.05, 3.63) is 34.6 Å². The Morgan fingerprint density at radius 3 is 2.38 bits per heavy atom. The van der Waals surface area contributed by atoms with Crippen LogP contribution in [0.4, 0.5) is 4.39 Å². The van der Waals surface area contributed by atoms with E-state index in [4.69, 9.17) is 11.6 Å². The van der Waals surface area contributed by atoms with E-state index in [-0.39, 0.29) is 10.6 Å². The van der Waals surface area contributed by atoms with Gasteiger partial charge in [0.05, 0.1) is 5.92 Å². The Hall–Kier alpha value is -1.22. The van der Waals surface area contributed by atoms with Crippen molar-refractivity contribution in [1.29, 1.82) is 0 Å². The first-order chi connectivity index (χ1) is 6.20. The first-order valence-corrected chi connectivity index (χ1v) is 3.93. The van der Waals surface area contributed by atoms with E-state index in [2.05, 4.69) is 0 Å². The monoisotopic (exact) mass is 200 g/mol. The number of rotatable bonds is 3. The number of carbonyl (C=O) groups is 2. The van der Waals surface area contributed by atoms with E-state index in [9.17, 15) is 14.0 Å². The Kier molecular flexibility index (Phi) is 3.14. The largest absolute Gasteiger partial charge is 0.302 e. The lowest BCUT2D eigenvalue weighted by atomic mass is 10.0. The molecule has 0 aliphatic rings. The molecule has 13 heavy (non-hydrogen) atoms. The lowest BCUT2D eigenvalue weighted by Crippen LogP contribution is -2.04. The topological polar surface area (TPSA) is 34.1 Å². The van der Waals surface area contributed by atoms with Gasteiger partial charge in [-0.3, -0.25) is 0 Å². The molecule has 0 N–H and O–H groups in total. The standard InChI is InChI=1S/C9H6ClFO2/c10-7-2-1-3-8(11)9(7)6(4-12)5-13/h1-6H. The first kappa shape index (κ1) is 9.86. The normalized spacial score (nSPS) is 10.1. The second kappa shape index (κ2) is 4.14. The van der Waals surface area contributed by atoms with Gasteiger partial charge in [0.2, 0.25) is 0 Å². The molecule has 1 aromatic carbocycles. The number of hydrogen-bond acceptors (Lipinski definition) is 2. The third-order valence-corrected chi connectivity index (χ3v) is 1.96. The highest BCUT2D eigenvalue weighted by Gasteiger charge is 2.17. The highest BCUT2D eigenvalue weighted by atomic mass is 35.5. The van der Waals surface area contributed by atoms with E-state index < -0.39 is 11.7 Å². The highest BCUT2D eigenvalue weighted by molar-refractivity contribution is 6.31. The maximum atomic E-state index is 13.1. The second-order valence-electron chi connectivity index (χ2n) is 2.43. The highest BCUT2D eigenvalue weighted by Crippen LogP contribution is 2.24. The van der Waals surface area contributed by atoms with Gasteiger partial charge in [-0.05, 0) is 12.1 Å². The fraction of sp³-hybridized carbons (Fsp3) is 0.111. The predicted molar refractivity (Wildman–Crippen MR) is 46.3 cm³/mol. The van der Waals surface area contributed by atoms with Crippen LogP contribution in [-0.2, 0) is 9.59 Å². The minimum absolute atomic E-state index is 0.0610. The third-order valence-electron chi connectivity index (χ3n) is 1.63. The second-order valence-corrected chi connectivity index (χ2v) is 2.84. The molecule has 0 saturated carbocycles. The molecule has 0 unspecified atom stereocenters. The average Bonchev–Trinajstić information content (AvgIpc) is 2.11. The van der Waals surface area contributed by atoms with Gasteiger partial charge in [-0.2, -0.15) is 0 Å². The van der Waals surface area contributed by atoms with Crippen molar-refractivity contribution in [2.24, 2.45) is 0 Å². The molecular formula is C9H6ClFO2. The lowest BCUT2D eigenvalue weighted by Gasteiger charge is -2.06. The fourth-order valence-electron chi connectivity index (χ4n) is 0.997. The fourth-order valence-corrected chi connectivity index (χ4v) is 1.29. The van der Waals surface area contributed by atoms with E-state index in [1.54, 1.807) is 0 Å². The summed E-state index contributed by atoms with van der Waals surface area (Å²) in [6, 6.07) is 4.00. The average molecular weight is 201 g/mol. The van der Waals surface area contributed by atoms with Crippen LogP contribution in [-0.4, -0.2) is 12.6 Å². The smallest absolute Gasteiger partial charge is 0.134 e. The van der Waals surface area contributed by atoms with Crippen molar-refractivity contribution in [3.63, 3.8) is 0 Å². The maximum absolute atomic E-state index is 13.1. The van der Waals surface area contributed by atoms with E-state index in [1.165, 1.54) is 12.1 Å². The summed E-state index contributed by atoms with van der Waals surface area (Å²) >= 11 is 5.62. The van der Waals surface area contributed by atoms with E-state index in [1.807, 2.05) is 0 Å². The molecular weight excluding hydrogens is 195 g/mol. The van der Waals surface area contributed by atoms with Crippen LogP contribution in [0.25, 0.3) is 0 Å². The summed E-state index contributed by atoms with van der Waals surface area (Å²) in [5.74, 6) is -1.76. The van der Waals surface area contributed by atoms with Gasteiger partial charge in [0.25, 0.3) is 0 Å². The molecule has 4 heteroatoms. The van der Waals surface area contributed by atoms with Gasteiger partial charge < -0.3 is 9.59 Å². The van der Waals surface area contributed by atoms with Crippen LogP contribution >= 0.6 is 11.6 Å². The Labute approximate surface area is 79.3 Å². The van der Waals surface area contributed by atoms with Crippen molar-refractivity contribution in [1.82, 2.24) is 0 Å². The quantitative estimate of drug-likeness (QED) is 0.552. The Morgan fingerprint density at radius 1 is 1.31 bits per heavy atom. The summed E-state index contributed by atoms with van der Waals surface area (Å²) in [5, 5.41) is 0.0872. The zero-order valence-electron chi connectivity index (χ0n) is 6.54. The molecule has 0 atom stereocenters. The zero-order valence-corrected chi connectivity index (χ0v) is 7.29. The summed E-state index contributed by atoms with van der Waals surface area (Å²) in [6.45, 7) is 0. The van der Waals surface area contributed by atoms with Gasteiger partial charge in [-0.1, -0.05) is 17.7 Å². The van der Waals surface area contributed by atoms with Crippen molar-refractivity contribution in [2.45, 2.75) is 5.92 Å². The predicted octanol–water partition coefficient (Wildman–Crippen LogP) is 1.96. The maximum Gasteiger partial charge on any atom is 0.134 e. The minimum atomic E-state index is -1.12. The molecule has 0 spiro atoms. The van der Waals surface area contributed by atoms with Crippen molar-refractivity contribution < 1.29 is 14.0 Å². The number of benzene rings is 1. The number of aldehydes is 2. The van der Waals surface area contributed by atoms with Gasteiger partial charge in [0.1, 0.15) is 18.4 Å². The Bertz CT molecular complexity index is 310. The molecule has 0 heterocycles. The van der Waals surface area contributed by atoms with Crippen LogP contribution in [0, 0.1) is 5.82 Å². The van der Waals surface area contributed by atoms with E-state index in [0.717, 1.165) is 6.07 Å². The first-order valence-electron chi connectivity index (χ1n) is 3.55. The van der Waals surface area contributed by atoms with Crippen LogP contribution in [0.5, 0.6) is 0 Å². The number of halogens is 2. The molecule has 68 valence electrons. The van der Waals surface area contributed by atoms with Crippen LogP contribution in [0.2, 0.25) is 5.02 Å². The van der Waals surface area contributed by atoms with Gasteiger partial charge >= 0.3 is 0 Å². The molecule has 1 aromatic rings. The van der Waals surface area contributed by atoms with E-state index in [0.29, 0.717) is 12.6 Å². The molecule has 0 bridgehead atoms. The molecule has 0 amide bonds. The van der Waals surface area contributed by atoms with Crippen molar-refractivity contribution >= 4 is 24.2 Å². The molecule has 0 aliphatic heterocycles. The molecule has 1 rings (SSSR count). The van der Waals surface area contributed by atoms with Crippen molar-refractivity contribution in [3.8, 4) is 0 Å². The van der Waals surface area contributed by atoms with Gasteiger partial charge in [-0.15, -0.1) is 0 Å². The summed E-state index contributed by atoms with van der Waals surface area (Å²) in [4.78, 5) is 20.8. The summed E-state index contributed by atoms with van der Waals surface area (Å²) < 4.78 is 13.1. The van der Waals surface area contributed by atoms with Crippen LogP contribution in [0.15, 0.2) is 18.2 Å².